The quantitative estimate of drug-likeness (QED) is 0.816. The maximum absolute atomic E-state index is 6.10. The Balaban J connectivity index is 2.29. The van der Waals surface area contributed by atoms with Gasteiger partial charge in [-0.2, -0.15) is 0 Å². The van der Waals surface area contributed by atoms with Crippen molar-refractivity contribution in [2.45, 2.75) is 13.0 Å². The lowest BCUT2D eigenvalue weighted by Gasteiger charge is -2.08. The van der Waals surface area contributed by atoms with Gasteiger partial charge in [0.2, 0.25) is 0 Å². The molecule has 3 heteroatoms. The van der Waals surface area contributed by atoms with Crippen LogP contribution in [0.2, 0.25) is 0 Å². The number of aromatic nitrogens is 1. The average molecular weight is 204 g/mol. The second kappa shape index (κ2) is 3.90. The lowest BCUT2D eigenvalue weighted by Crippen LogP contribution is -2.09. The highest BCUT2D eigenvalue weighted by atomic mass is 32.1. The van der Waals surface area contributed by atoms with Crippen molar-refractivity contribution in [2.24, 2.45) is 5.73 Å². The van der Waals surface area contributed by atoms with E-state index in [2.05, 4.69) is 4.98 Å². The standard InChI is InChI=1S/C11H12N2S/c1-8-13-7-10(14-8)11(12)9-5-3-2-4-6-9/h2-7,11H,12H2,1H3. The van der Waals surface area contributed by atoms with E-state index in [0.717, 1.165) is 15.4 Å². The third-order valence-electron chi connectivity index (χ3n) is 2.10. The van der Waals surface area contributed by atoms with Crippen LogP contribution in [0.5, 0.6) is 0 Å². The minimum absolute atomic E-state index is 0.0394. The molecular formula is C11H12N2S. The minimum atomic E-state index is -0.0394. The summed E-state index contributed by atoms with van der Waals surface area (Å²) in [6.45, 7) is 1.99. The lowest BCUT2D eigenvalue weighted by atomic mass is 10.1. The first-order valence-corrected chi connectivity index (χ1v) is 5.32. The zero-order valence-corrected chi connectivity index (χ0v) is 8.79. The van der Waals surface area contributed by atoms with Gasteiger partial charge in [-0.05, 0) is 12.5 Å². The molecule has 0 bridgehead atoms. The molecule has 2 N–H and O–H groups in total. The molecule has 0 amide bonds. The second-order valence-electron chi connectivity index (χ2n) is 3.17. The average Bonchev–Trinajstić information content (AvgIpc) is 2.65. The van der Waals surface area contributed by atoms with Gasteiger partial charge in [0.25, 0.3) is 0 Å². The van der Waals surface area contributed by atoms with Crippen LogP contribution in [0, 0.1) is 6.92 Å². The van der Waals surface area contributed by atoms with Gasteiger partial charge in [0.15, 0.2) is 0 Å². The van der Waals surface area contributed by atoms with Crippen LogP contribution in [-0.4, -0.2) is 4.98 Å². The van der Waals surface area contributed by atoms with Crippen LogP contribution in [0.25, 0.3) is 0 Å². The fourth-order valence-corrected chi connectivity index (χ4v) is 2.16. The zero-order valence-electron chi connectivity index (χ0n) is 7.97. The summed E-state index contributed by atoms with van der Waals surface area (Å²) >= 11 is 1.65. The SMILES string of the molecule is Cc1ncc(C(N)c2ccccc2)s1. The number of aryl methyl sites for hydroxylation is 1. The molecule has 2 rings (SSSR count). The number of benzene rings is 1. The van der Waals surface area contributed by atoms with Gasteiger partial charge in [0, 0.05) is 11.1 Å². The van der Waals surface area contributed by atoms with E-state index in [1.807, 2.05) is 43.5 Å². The topological polar surface area (TPSA) is 38.9 Å². The van der Waals surface area contributed by atoms with Gasteiger partial charge in [-0.25, -0.2) is 4.98 Å². The van der Waals surface area contributed by atoms with Crippen molar-refractivity contribution in [1.29, 1.82) is 0 Å². The van der Waals surface area contributed by atoms with Gasteiger partial charge >= 0.3 is 0 Å². The van der Waals surface area contributed by atoms with Gasteiger partial charge in [0.05, 0.1) is 11.0 Å². The van der Waals surface area contributed by atoms with Gasteiger partial charge in [0.1, 0.15) is 0 Å². The highest BCUT2D eigenvalue weighted by Gasteiger charge is 2.10. The second-order valence-corrected chi connectivity index (χ2v) is 4.44. The molecule has 1 heterocycles. The lowest BCUT2D eigenvalue weighted by molar-refractivity contribution is 0.889. The molecule has 2 nitrogen and oxygen atoms in total. The van der Waals surface area contributed by atoms with Crippen LogP contribution >= 0.6 is 11.3 Å². The van der Waals surface area contributed by atoms with Crippen LogP contribution < -0.4 is 5.73 Å². The Morgan fingerprint density at radius 3 is 2.57 bits per heavy atom. The molecule has 0 spiro atoms. The number of thiazole rings is 1. The van der Waals surface area contributed by atoms with E-state index in [0.29, 0.717) is 0 Å². The summed E-state index contributed by atoms with van der Waals surface area (Å²) in [6, 6.07) is 10.0. The number of hydrogen-bond donors (Lipinski definition) is 1. The van der Waals surface area contributed by atoms with Crippen LogP contribution in [0.15, 0.2) is 36.5 Å². The van der Waals surface area contributed by atoms with Crippen molar-refractivity contribution in [3.63, 3.8) is 0 Å². The van der Waals surface area contributed by atoms with E-state index in [1.165, 1.54) is 0 Å². The molecule has 14 heavy (non-hydrogen) atoms. The first kappa shape index (κ1) is 9.37. The van der Waals surface area contributed by atoms with Crippen molar-refractivity contribution in [3.8, 4) is 0 Å². The zero-order chi connectivity index (χ0) is 9.97. The van der Waals surface area contributed by atoms with Crippen molar-refractivity contribution in [2.75, 3.05) is 0 Å². The minimum Gasteiger partial charge on any atom is -0.320 e. The number of nitrogens with two attached hydrogens (primary N) is 1. The number of hydrogen-bond acceptors (Lipinski definition) is 3. The van der Waals surface area contributed by atoms with Crippen molar-refractivity contribution >= 4 is 11.3 Å². The summed E-state index contributed by atoms with van der Waals surface area (Å²) in [5, 5.41) is 1.06. The molecule has 0 saturated carbocycles. The smallest absolute Gasteiger partial charge is 0.0897 e. The Morgan fingerprint density at radius 1 is 1.29 bits per heavy atom. The highest BCUT2D eigenvalue weighted by molar-refractivity contribution is 7.11. The van der Waals surface area contributed by atoms with Gasteiger partial charge < -0.3 is 5.73 Å². The van der Waals surface area contributed by atoms with E-state index >= 15 is 0 Å². The first-order valence-electron chi connectivity index (χ1n) is 4.50. The maximum atomic E-state index is 6.10. The molecule has 0 saturated heterocycles. The predicted molar refractivity (Wildman–Crippen MR) is 59.3 cm³/mol. The number of rotatable bonds is 2. The molecule has 1 aromatic heterocycles. The van der Waals surface area contributed by atoms with E-state index < -0.39 is 0 Å². The molecule has 72 valence electrons. The van der Waals surface area contributed by atoms with Crippen LogP contribution in [0.4, 0.5) is 0 Å². The molecule has 1 unspecified atom stereocenters. The molecule has 0 aliphatic heterocycles. The Hall–Kier alpha value is -1.19. The van der Waals surface area contributed by atoms with E-state index in [9.17, 15) is 0 Å². The maximum Gasteiger partial charge on any atom is 0.0897 e. The molecule has 0 aliphatic carbocycles. The number of nitrogens with zero attached hydrogens (tertiary/aromatic N) is 1. The Kier molecular flexibility index (Phi) is 2.61. The van der Waals surface area contributed by atoms with Gasteiger partial charge in [-0.15, -0.1) is 11.3 Å². The summed E-state index contributed by atoms with van der Waals surface area (Å²) in [5.41, 5.74) is 7.24. The van der Waals surface area contributed by atoms with Crippen LogP contribution in [0.3, 0.4) is 0 Å². The molecule has 2 aromatic rings. The van der Waals surface area contributed by atoms with E-state index in [-0.39, 0.29) is 6.04 Å². The molecule has 0 radical (unpaired) electrons. The van der Waals surface area contributed by atoms with Crippen molar-refractivity contribution < 1.29 is 0 Å². The normalized spacial score (nSPS) is 12.7. The molecule has 1 aromatic carbocycles. The fraction of sp³-hybridized carbons (Fsp3) is 0.182. The van der Waals surface area contributed by atoms with Gasteiger partial charge in [-0.3, -0.25) is 0 Å². The van der Waals surface area contributed by atoms with Crippen molar-refractivity contribution in [3.05, 3.63) is 52.0 Å². The third kappa shape index (κ3) is 1.84. The molecular weight excluding hydrogens is 192 g/mol. The Morgan fingerprint density at radius 2 is 2.00 bits per heavy atom. The summed E-state index contributed by atoms with van der Waals surface area (Å²) < 4.78 is 0. The fourth-order valence-electron chi connectivity index (χ4n) is 1.35. The van der Waals surface area contributed by atoms with Crippen LogP contribution in [-0.2, 0) is 0 Å². The molecule has 1 atom stereocenters. The molecule has 0 aliphatic rings. The highest BCUT2D eigenvalue weighted by Crippen LogP contribution is 2.24. The van der Waals surface area contributed by atoms with E-state index in [1.54, 1.807) is 11.3 Å². The largest absolute Gasteiger partial charge is 0.320 e. The first-order chi connectivity index (χ1) is 6.77. The Bertz CT molecular complexity index is 408. The summed E-state index contributed by atoms with van der Waals surface area (Å²) in [5.74, 6) is 0. The monoisotopic (exact) mass is 204 g/mol. The summed E-state index contributed by atoms with van der Waals surface area (Å²) in [7, 11) is 0. The van der Waals surface area contributed by atoms with E-state index in [4.69, 9.17) is 5.73 Å². The summed E-state index contributed by atoms with van der Waals surface area (Å²) in [6.07, 6.45) is 1.86. The van der Waals surface area contributed by atoms with Gasteiger partial charge in [-0.1, -0.05) is 30.3 Å². The predicted octanol–water partition coefficient (Wildman–Crippen LogP) is 2.50. The third-order valence-corrected chi connectivity index (χ3v) is 3.10. The Labute approximate surface area is 87.4 Å². The van der Waals surface area contributed by atoms with Crippen molar-refractivity contribution in [1.82, 2.24) is 4.98 Å². The summed E-state index contributed by atoms with van der Waals surface area (Å²) in [4.78, 5) is 5.32. The molecule has 0 fully saturated rings. The van der Waals surface area contributed by atoms with Crippen LogP contribution in [0.1, 0.15) is 21.5 Å².